The van der Waals surface area contributed by atoms with Gasteiger partial charge in [0, 0.05) is 19.6 Å². The van der Waals surface area contributed by atoms with Crippen LogP contribution in [-0.4, -0.2) is 40.6 Å². The van der Waals surface area contributed by atoms with Gasteiger partial charge in [-0.3, -0.25) is 9.59 Å². The second kappa shape index (κ2) is 7.86. The number of aromatic nitrogens is 2. The zero-order chi connectivity index (χ0) is 19.5. The van der Waals surface area contributed by atoms with Crippen molar-refractivity contribution in [3.8, 4) is 11.1 Å². The highest BCUT2D eigenvalue weighted by molar-refractivity contribution is 6.33. The average molecular weight is 395 g/mol. The predicted octanol–water partition coefficient (Wildman–Crippen LogP) is 2.94. The molecule has 0 saturated carbocycles. The van der Waals surface area contributed by atoms with Crippen LogP contribution < -0.4 is 10.5 Å². The minimum absolute atomic E-state index is 0.00883. The van der Waals surface area contributed by atoms with Gasteiger partial charge in [-0.1, -0.05) is 66.2 Å². The summed E-state index contributed by atoms with van der Waals surface area (Å²) in [5.41, 5.74) is 3.39. The van der Waals surface area contributed by atoms with Crippen molar-refractivity contribution in [2.24, 2.45) is 0 Å². The third-order valence-electron chi connectivity index (χ3n) is 4.90. The van der Waals surface area contributed by atoms with Crippen molar-refractivity contribution in [1.82, 2.24) is 15.1 Å². The Balaban J connectivity index is 1.52. The first-order chi connectivity index (χ1) is 13.6. The molecule has 2 heterocycles. The fourth-order valence-electron chi connectivity index (χ4n) is 3.44. The zero-order valence-corrected chi connectivity index (χ0v) is 15.9. The number of aromatic amines is 1. The number of halogens is 1. The van der Waals surface area contributed by atoms with Gasteiger partial charge in [0.1, 0.15) is 5.02 Å². The molecule has 0 bridgehead atoms. The summed E-state index contributed by atoms with van der Waals surface area (Å²) in [7, 11) is 0. The molecule has 1 fully saturated rings. The first-order valence-electron chi connectivity index (χ1n) is 9.02. The van der Waals surface area contributed by atoms with E-state index in [9.17, 15) is 9.59 Å². The van der Waals surface area contributed by atoms with E-state index in [4.69, 9.17) is 11.6 Å². The normalized spacial score (nSPS) is 14.4. The molecule has 142 valence electrons. The number of hydrogen-bond acceptors (Lipinski definition) is 4. The van der Waals surface area contributed by atoms with E-state index in [0.29, 0.717) is 25.3 Å². The Hall–Kier alpha value is -3.12. The summed E-state index contributed by atoms with van der Waals surface area (Å²) in [5.74, 6) is -0.00883. The number of hydrogen-bond donors (Lipinski definition) is 1. The van der Waals surface area contributed by atoms with E-state index in [1.54, 1.807) is 4.90 Å². The summed E-state index contributed by atoms with van der Waals surface area (Å²) >= 11 is 6.08. The number of H-pyrrole nitrogens is 1. The van der Waals surface area contributed by atoms with E-state index < -0.39 is 5.56 Å². The SMILES string of the molecule is O=C1CN(c2cn[nH]c(=O)c2Cl)CCN1Cc1ccccc1-c1ccccc1. The summed E-state index contributed by atoms with van der Waals surface area (Å²) in [5, 5.41) is 6.14. The molecule has 1 N–H and O–H groups in total. The minimum atomic E-state index is -0.453. The van der Waals surface area contributed by atoms with Gasteiger partial charge in [0.25, 0.3) is 5.56 Å². The Morgan fingerprint density at radius 1 is 1.00 bits per heavy atom. The summed E-state index contributed by atoms with van der Waals surface area (Å²) < 4.78 is 0. The van der Waals surface area contributed by atoms with Crippen molar-refractivity contribution in [3.05, 3.63) is 81.7 Å². The second-order valence-electron chi connectivity index (χ2n) is 6.66. The number of rotatable bonds is 4. The molecule has 0 radical (unpaired) electrons. The van der Waals surface area contributed by atoms with Gasteiger partial charge in [0.15, 0.2) is 0 Å². The number of amides is 1. The molecule has 0 spiro atoms. The van der Waals surface area contributed by atoms with E-state index in [0.717, 1.165) is 16.7 Å². The monoisotopic (exact) mass is 394 g/mol. The predicted molar refractivity (Wildman–Crippen MR) is 109 cm³/mol. The number of nitrogens with one attached hydrogen (secondary N) is 1. The first kappa shape index (κ1) is 18.3. The number of carbonyl (C=O) groups is 1. The molecule has 7 heteroatoms. The van der Waals surface area contributed by atoms with Gasteiger partial charge in [0.2, 0.25) is 5.91 Å². The molecule has 0 unspecified atom stereocenters. The van der Waals surface area contributed by atoms with Crippen LogP contribution in [0.25, 0.3) is 11.1 Å². The number of anilines is 1. The van der Waals surface area contributed by atoms with Crippen LogP contribution in [0.15, 0.2) is 65.6 Å². The highest BCUT2D eigenvalue weighted by atomic mass is 35.5. The van der Waals surface area contributed by atoms with Gasteiger partial charge in [-0.25, -0.2) is 5.10 Å². The Labute approximate surface area is 167 Å². The molecule has 1 aliphatic rings. The molecule has 0 atom stereocenters. The smallest absolute Gasteiger partial charge is 0.285 e. The molecule has 28 heavy (non-hydrogen) atoms. The van der Waals surface area contributed by atoms with Gasteiger partial charge < -0.3 is 9.80 Å². The van der Waals surface area contributed by atoms with Gasteiger partial charge >= 0.3 is 0 Å². The van der Waals surface area contributed by atoms with E-state index >= 15 is 0 Å². The van der Waals surface area contributed by atoms with Gasteiger partial charge in [-0.15, -0.1) is 0 Å². The number of carbonyl (C=O) groups excluding carboxylic acids is 1. The molecule has 3 aromatic rings. The molecular formula is C21H19ClN4O2. The highest BCUT2D eigenvalue weighted by Crippen LogP contribution is 2.26. The Bertz CT molecular complexity index is 1050. The fourth-order valence-corrected chi connectivity index (χ4v) is 3.65. The largest absolute Gasteiger partial charge is 0.358 e. The first-order valence-corrected chi connectivity index (χ1v) is 9.40. The third kappa shape index (κ3) is 3.64. The minimum Gasteiger partial charge on any atom is -0.358 e. The third-order valence-corrected chi connectivity index (χ3v) is 5.27. The maximum Gasteiger partial charge on any atom is 0.285 e. The Morgan fingerprint density at radius 2 is 1.75 bits per heavy atom. The van der Waals surface area contributed by atoms with Crippen LogP contribution in [0, 0.1) is 0 Å². The van der Waals surface area contributed by atoms with Crippen LogP contribution in [0.5, 0.6) is 0 Å². The quantitative estimate of drug-likeness (QED) is 0.738. The van der Waals surface area contributed by atoms with E-state index in [1.807, 2.05) is 35.2 Å². The average Bonchev–Trinajstić information content (AvgIpc) is 2.73. The molecule has 6 nitrogen and oxygen atoms in total. The van der Waals surface area contributed by atoms with Crippen LogP contribution in [0.2, 0.25) is 5.02 Å². The van der Waals surface area contributed by atoms with E-state index in [-0.39, 0.29) is 17.5 Å². The number of nitrogens with zero attached hydrogens (tertiary/aromatic N) is 3. The molecule has 0 aliphatic carbocycles. The number of benzene rings is 2. The van der Waals surface area contributed by atoms with Gasteiger partial charge in [0.05, 0.1) is 18.4 Å². The van der Waals surface area contributed by atoms with E-state index in [2.05, 4.69) is 34.5 Å². The highest BCUT2D eigenvalue weighted by Gasteiger charge is 2.26. The van der Waals surface area contributed by atoms with Crippen molar-refractivity contribution in [3.63, 3.8) is 0 Å². The van der Waals surface area contributed by atoms with Gasteiger partial charge in [-0.05, 0) is 16.7 Å². The fraction of sp³-hybridized carbons (Fsp3) is 0.190. The molecule has 1 aliphatic heterocycles. The van der Waals surface area contributed by atoms with Crippen LogP contribution in [-0.2, 0) is 11.3 Å². The van der Waals surface area contributed by atoms with Crippen molar-refractivity contribution >= 4 is 23.2 Å². The summed E-state index contributed by atoms with van der Waals surface area (Å²) in [6.07, 6.45) is 1.48. The van der Waals surface area contributed by atoms with Crippen molar-refractivity contribution < 1.29 is 4.79 Å². The van der Waals surface area contributed by atoms with Crippen LogP contribution >= 0.6 is 11.6 Å². The van der Waals surface area contributed by atoms with Crippen LogP contribution in [0.1, 0.15) is 5.56 Å². The summed E-state index contributed by atoms with van der Waals surface area (Å²) in [4.78, 5) is 28.1. The topological polar surface area (TPSA) is 69.3 Å². The lowest BCUT2D eigenvalue weighted by Crippen LogP contribution is -2.50. The lowest BCUT2D eigenvalue weighted by molar-refractivity contribution is -0.131. The maximum absolute atomic E-state index is 12.8. The molecule has 2 aromatic carbocycles. The zero-order valence-electron chi connectivity index (χ0n) is 15.1. The molecule has 1 saturated heterocycles. The van der Waals surface area contributed by atoms with Crippen molar-refractivity contribution in [2.75, 3.05) is 24.5 Å². The van der Waals surface area contributed by atoms with Crippen LogP contribution in [0.3, 0.4) is 0 Å². The Morgan fingerprint density at radius 3 is 2.54 bits per heavy atom. The lowest BCUT2D eigenvalue weighted by atomic mass is 9.99. The van der Waals surface area contributed by atoms with Crippen molar-refractivity contribution in [2.45, 2.75) is 6.54 Å². The molecule has 1 amide bonds. The molecular weight excluding hydrogens is 376 g/mol. The van der Waals surface area contributed by atoms with E-state index in [1.165, 1.54) is 6.20 Å². The second-order valence-corrected chi connectivity index (χ2v) is 7.04. The summed E-state index contributed by atoms with van der Waals surface area (Å²) in [6, 6.07) is 18.3. The van der Waals surface area contributed by atoms with Gasteiger partial charge in [-0.2, -0.15) is 5.10 Å². The van der Waals surface area contributed by atoms with Crippen LogP contribution in [0.4, 0.5) is 5.69 Å². The lowest BCUT2D eigenvalue weighted by Gasteiger charge is -2.36. The van der Waals surface area contributed by atoms with Crippen molar-refractivity contribution in [1.29, 1.82) is 0 Å². The molecule has 4 rings (SSSR count). The standard InChI is InChI=1S/C21H19ClN4O2/c22-20-18(12-23-24-21(20)28)25-10-11-26(19(27)14-25)13-16-8-4-5-9-17(16)15-6-2-1-3-7-15/h1-9,12H,10-11,13-14H2,(H,24,28). The number of piperazine rings is 1. The Kier molecular flexibility index (Phi) is 5.12. The molecule has 1 aromatic heterocycles. The summed E-state index contributed by atoms with van der Waals surface area (Å²) in [6.45, 7) is 1.84. The maximum atomic E-state index is 12.8.